The van der Waals surface area contributed by atoms with Crippen LogP contribution in [0.2, 0.25) is 0 Å². The van der Waals surface area contributed by atoms with Gasteiger partial charge in [0.05, 0.1) is 7.11 Å². The third-order valence-electron chi connectivity index (χ3n) is 7.40. The van der Waals surface area contributed by atoms with Gasteiger partial charge in [0.25, 0.3) is 0 Å². The number of rotatable bonds is 13. The number of fused-ring (bicyclic) bond motifs is 1. The molecule has 0 saturated heterocycles. The van der Waals surface area contributed by atoms with Crippen molar-refractivity contribution in [1.82, 2.24) is 4.98 Å². The van der Waals surface area contributed by atoms with Gasteiger partial charge < -0.3 is 9.72 Å². The Hall–Kier alpha value is -3.33. The average molecular weight is 496 g/mol. The minimum atomic E-state index is -0.0593. The summed E-state index contributed by atoms with van der Waals surface area (Å²) in [6.45, 7) is 4.52. The van der Waals surface area contributed by atoms with Crippen molar-refractivity contribution < 1.29 is 4.74 Å². The zero-order valence-electron chi connectivity index (χ0n) is 22.7. The highest BCUT2D eigenvalue weighted by molar-refractivity contribution is 5.97. The summed E-state index contributed by atoms with van der Waals surface area (Å²) in [4.78, 5) is 14.9. The number of aryl methyl sites for hydroxylation is 2. The molecule has 0 amide bonds. The molecule has 0 spiro atoms. The van der Waals surface area contributed by atoms with Gasteiger partial charge in [0.1, 0.15) is 5.75 Å². The van der Waals surface area contributed by atoms with Gasteiger partial charge in [-0.15, -0.1) is 0 Å². The Balaban J connectivity index is 1.86. The number of H-pyrrole nitrogens is 1. The lowest BCUT2D eigenvalue weighted by Gasteiger charge is -2.19. The number of aromatic amines is 1. The first kappa shape index (κ1) is 26.7. The van der Waals surface area contributed by atoms with E-state index in [0.717, 1.165) is 29.4 Å². The molecule has 0 saturated carbocycles. The van der Waals surface area contributed by atoms with Crippen molar-refractivity contribution >= 4 is 10.8 Å². The first-order chi connectivity index (χ1) is 18.1. The quantitative estimate of drug-likeness (QED) is 0.188. The predicted molar refractivity (Wildman–Crippen MR) is 158 cm³/mol. The molecular weight excluding hydrogens is 454 g/mol. The number of nitrogens with one attached hydrogen (secondary N) is 1. The molecule has 0 atom stereocenters. The number of pyridine rings is 1. The Morgan fingerprint density at radius 3 is 2.00 bits per heavy atom. The molecule has 0 aliphatic rings. The molecule has 1 N–H and O–H groups in total. The number of ether oxygens (including phenoxy) is 1. The van der Waals surface area contributed by atoms with Gasteiger partial charge in [-0.25, -0.2) is 0 Å². The fraction of sp³-hybridized carbons (Fsp3) is 0.382. The Bertz CT molecular complexity index is 1350. The van der Waals surface area contributed by atoms with Crippen LogP contribution in [0, 0.1) is 0 Å². The summed E-state index contributed by atoms with van der Waals surface area (Å²) in [7, 11) is 1.72. The van der Waals surface area contributed by atoms with Gasteiger partial charge in [0.15, 0.2) is 0 Å². The van der Waals surface area contributed by atoms with E-state index in [9.17, 15) is 4.79 Å². The van der Waals surface area contributed by atoms with Gasteiger partial charge in [-0.2, -0.15) is 0 Å². The Kier molecular flexibility index (Phi) is 9.59. The highest BCUT2D eigenvalue weighted by Gasteiger charge is 2.15. The second kappa shape index (κ2) is 13.3. The van der Waals surface area contributed by atoms with Crippen molar-refractivity contribution in [2.45, 2.75) is 78.1 Å². The monoisotopic (exact) mass is 495 g/mol. The maximum Gasteiger partial charge on any atom is 0.248 e. The first-order valence-electron chi connectivity index (χ1n) is 14.1. The van der Waals surface area contributed by atoms with Crippen LogP contribution in [0.3, 0.4) is 0 Å². The minimum absolute atomic E-state index is 0.0593. The zero-order valence-corrected chi connectivity index (χ0v) is 22.7. The van der Waals surface area contributed by atoms with Gasteiger partial charge in [-0.05, 0) is 76.6 Å². The van der Waals surface area contributed by atoms with Gasteiger partial charge >= 0.3 is 0 Å². The van der Waals surface area contributed by atoms with E-state index in [4.69, 9.17) is 4.74 Å². The highest BCUT2D eigenvalue weighted by Crippen LogP contribution is 2.37. The normalized spacial score (nSPS) is 11.2. The zero-order chi connectivity index (χ0) is 26.0. The molecule has 0 unspecified atom stereocenters. The maximum atomic E-state index is 12.0. The average Bonchev–Trinajstić information content (AvgIpc) is 2.93. The van der Waals surface area contributed by atoms with Crippen molar-refractivity contribution in [3.8, 4) is 28.0 Å². The summed E-state index contributed by atoms with van der Waals surface area (Å²) in [5.41, 5.74) is 7.81. The number of benzene rings is 3. The van der Waals surface area contributed by atoms with Crippen LogP contribution in [0.4, 0.5) is 0 Å². The van der Waals surface area contributed by atoms with E-state index in [0.29, 0.717) is 0 Å². The number of hydrogen-bond acceptors (Lipinski definition) is 2. The van der Waals surface area contributed by atoms with Gasteiger partial charge in [0, 0.05) is 17.6 Å². The summed E-state index contributed by atoms with van der Waals surface area (Å²) in [5, 5.41) is 2.09. The Morgan fingerprint density at radius 1 is 0.703 bits per heavy atom. The van der Waals surface area contributed by atoms with E-state index < -0.39 is 0 Å². The largest absolute Gasteiger partial charge is 0.497 e. The van der Waals surface area contributed by atoms with E-state index in [1.165, 1.54) is 84.7 Å². The van der Waals surface area contributed by atoms with Crippen molar-refractivity contribution in [2.75, 3.05) is 7.11 Å². The second-order valence-corrected chi connectivity index (χ2v) is 10.1. The van der Waals surface area contributed by atoms with E-state index in [-0.39, 0.29) is 5.56 Å². The lowest BCUT2D eigenvalue weighted by Crippen LogP contribution is -2.03. The molecule has 4 aromatic rings. The van der Waals surface area contributed by atoms with E-state index >= 15 is 0 Å². The molecule has 4 rings (SSSR count). The van der Waals surface area contributed by atoms with Crippen LogP contribution in [0.25, 0.3) is 33.0 Å². The third-order valence-corrected chi connectivity index (χ3v) is 7.40. The predicted octanol–water partition coefficient (Wildman–Crippen LogP) is 9.12. The van der Waals surface area contributed by atoms with Crippen molar-refractivity contribution in [2.24, 2.45) is 0 Å². The van der Waals surface area contributed by atoms with Crippen molar-refractivity contribution in [3.63, 3.8) is 0 Å². The number of hydrogen-bond donors (Lipinski definition) is 1. The van der Waals surface area contributed by atoms with Crippen LogP contribution in [0.5, 0.6) is 5.75 Å². The molecule has 0 aliphatic carbocycles. The van der Waals surface area contributed by atoms with Crippen LogP contribution in [-0.2, 0) is 12.8 Å². The summed E-state index contributed by atoms with van der Waals surface area (Å²) in [6, 6.07) is 21.4. The fourth-order valence-corrected chi connectivity index (χ4v) is 5.31. The van der Waals surface area contributed by atoms with Crippen LogP contribution >= 0.6 is 0 Å². The van der Waals surface area contributed by atoms with Crippen LogP contribution < -0.4 is 10.3 Å². The molecule has 3 nitrogen and oxygen atoms in total. The van der Waals surface area contributed by atoms with Crippen LogP contribution in [0.15, 0.2) is 71.7 Å². The molecule has 3 heteroatoms. The summed E-state index contributed by atoms with van der Waals surface area (Å²) >= 11 is 0. The smallest absolute Gasteiger partial charge is 0.248 e. The molecule has 0 aliphatic heterocycles. The maximum absolute atomic E-state index is 12.0. The van der Waals surface area contributed by atoms with E-state index in [1.807, 2.05) is 12.3 Å². The van der Waals surface area contributed by atoms with Crippen molar-refractivity contribution in [3.05, 3.63) is 88.3 Å². The number of aromatic nitrogens is 1. The number of unbranched alkanes of at least 4 members (excludes halogenated alkanes) is 6. The van der Waals surface area contributed by atoms with Gasteiger partial charge in [-0.3, -0.25) is 4.79 Å². The lowest BCUT2D eigenvalue weighted by molar-refractivity contribution is 0.415. The molecule has 0 bridgehead atoms. The summed E-state index contributed by atoms with van der Waals surface area (Å²) in [6.07, 6.45) is 13.9. The third kappa shape index (κ3) is 6.71. The Morgan fingerprint density at radius 2 is 1.35 bits per heavy atom. The topological polar surface area (TPSA) is 42.1 Å². The lowest BCUT2D eigenvalue weighted by atomic mass is 9.86. The minimum Gasteiger partial charge on any atom is -0.497 e. The van der Waals surface area contributed by atoms with Crippen molar-refractivity contribution in [1.29, 1.82) is 0 Å². The standard InChI is InChI=1S/C34H41NO2/c1-4-6-8-10-13-26-22-32(30-16-12-15-28-23-34(36)35-24-33(28)30)27(14-11-9-7-5-2)21-31(26)25-17-19-29(37-3)20-18-25/h12,15-24H,4-11,13-14H2,1-3H3,(H,35,36). The van der Waals surface area contributed by atoms with E-state index in [2.05, 4.69) is 67.4 Å². The second-order valence-electron chi connectivity index (χ2n) is 10.1. The SMILES string of the molecule is CCCCCCc1cc(-c2cccc3cc(=O)[nH]cc23)c(CCCCCC)cc1-c1ccc(OC)cc1. The molecule has 194 valence electrons. The molecule has 37 heavy (non-hydrogen) atoms. The molecule has 3 aromatic carbocycles. The highest BCUT2D eigenvalue weighted by atomic mass is 16.5. The van der Waals surface area contributed by atoms with Crippen LogP contribution in [-0.4, -0.2) is 12.1 Å². The molecule has 1 aromatic heterocycles. The van der Waals surface area contributed by atoms with Gasteiger partial charge in [0.2, 0.25) is 5.56 Å². The number of methoxy groups -OCH3 is 1. The first-order valence-corrected chi connectivity index (χ1v) is 14.1. The summed E-state index contributed by atoms with van der Waals surface area (Å²) in [5.74, 6) is 0.884. The van der Waals surface area contributed by atoms with Crippen LogP contribution in [0.1, 0.15) is 76.3 Å². The van der Waals surface area contributed by atoms with Gasteiger partial charge in [-0.1, -0.05) is 94.8 Å². The molecular formula is C34H41NO2. The molecule has 0 radical (unpaired) electrons. The van der Waals surface area contributed by atoms with E-state index in [1.54, 1.807) is 13.2 Å². The molecule has 1 heterocycles. The summed E-state index contributed by atoms with van der Waals surface area (Å²) < 4.78 is 5.43. The fourth-order valence-electron chi connectivity index (χ4n) is 5.31. The molecule has 0 fully saturated rings. The Labute approximate surface area is 221 Å².